The molecule has 0 radical (unpaired) electrons. The van der Waals surface area contributed by atoms with Crippen molar-refractivity contribution in [1.29, 1.82) is 0 Å². The number of nitrogens with two attached hydrogens (primary N) is 1. The molecule has 0 spiro atoms. The molecule has 2 unspecified atom stereocenters. The summed E-state index contributed by atoms with van der Waals surface area (Å²) >= 11 is 0. The van der Waals surface area contributed by atoms with Crippen molar-refractivity contribution in [2.75, 3.05) is 6.54 Å². The lowest BCUT2D eigenvalue weighted by Crippen LogP contribution is -2.57. The SMILES string of the molecule is CCN(C(C)=O)C1CCCCC1NC(=O)[C@@H](N)C(C)C. The highest BCUT2D eigenvalue weighted by molar-refractivity contribution is 5.82. The third-order valence-electron chi connectivity index (χ3n) is 4.22. The fraction of sp³-hybridized carbons (Fsp3) is 0.867. The second-order valence-electron chi connectivity index (χ2n) is 6.04. The van der Waals surface area contributed by atoms with Gasteiger partial charge in [-0.3, -0.25) is 9.59 Å². The molecule has 5 nitrogen and oxygen atoms in total. The minimum atomic E-state index is -0.481. The van der Waals surface area contributed by atoms with Gasteiger partial charge in [-0.25, -0.2) is 0 Å². The Balaban J connectivity index is 2.74. The summed E-state index contributed by atoms with van der Waals surface area (Å²) in [5, 5.41) is 3.06. The molecule has 5 heteroatoms. The molecule has 0 aromatic rings. The Labute approximate surface area is 122 Å². The van der Waals surface area contributed by atoms with Crippen molar-refractivity contribution >= 4 is 11.8 Å². The number of rotatable bonds is 5. The molecular formula is C15H29N3O2. The van der Waals surface area contributed by atoms with Gasteiger partial charge in [0.15, 0.2) is 0 Å². The Morgan fingerprint density at radius 3 is 2.40 bits per heavy atom. The predicted molar refractivity (Wildman–Crippen MR) is 80.1 cm³/mol. The molecule has 3 atom stereocenters. The molecule has 0 saturated heterocycles. The molecule has 0 aliphatic heterocycles. The summed E-state index contributed by atoms with van der Waals surface area (Å²) in [5.74, 6) is 0.0930. The zero-order valence-electron chi connectivity index (χ0n) is 13.2. The van der Waals surface area contributed by atoms with Crippen LogP contribution in [-0.4, -0.2) is 41.4 Å². The van der Waals surface area contributed by atoms with Crippen LogP contribution in [-0.2, 0) is 9.59 Å². The van der Waals surface area contributed by atoms with E-state index in [4.69, 9.17) is 5.73 Å². The first-order chi connectivity index (χ1) is 9.38. The van der Waals surface area contributed by atoms with Crippen LogP contribution in [0, 0.1) is 5.92 Å². The summed E-state index contributed by atoms with van der Waals surface area (Å²) in [5.41, 5.74) is 5.90. The minimum Gasteiger partial charge on any atom is -0.350 e. The third-order valence-corrected chi connectivity index (χ3v) is 4.22. The highest BCUT2D eigenvalue weighted by atomic mass is 16.2. The monoisotopic (exact) mass is 283 g/mol. The van der Waals surface area contributed by atoms with Crippen molar-refractivity contribution in [2.24, 2.45) is 11.7 Å². The van der Waals surface area contributed by atoms with E-state index in [0.29, 0.717) is 6.54 Å². The van der Waals surface area contributed by atoms with E-state index in [1.807, 2.05) is 25.7 Å². The molecule has 0 aromatic heterocycles. The van der Waals surface area contributed by atoms with E-state index >= 15 is 0 Å². The van der Waals surface area contributed by atoms with Crippen molar-refractivity contribution in [1.82, 2.24) is 10.2 Å². The average Bonchev–Trinajstić information content (AvgIpc) is 2.40. The smallest absolute Gasteiger partial charge is 0.237 e. The minimum absolute atomic E-state index is 0.0323. The molecule has 1 rings (SSSR count). The van der Waals surface area contributed by atoms with E-state index in [9.17, 15) is 9.59 Å². The first-order valence-corrected chi connectivity index (χ1v) is 7.71. The molecule has 1 fully saturated rings. The van der Waals surface area contributed by atoms with Gasteiger partial charge < -0.3 is 16.0 Å². The van der Waals surface area contributed by atoms with Gasteiger partial charge in [-0.15, -0.1) is 0 Å². The number of hydrogen-bond donors (Lipinski definition) is 2. The van der Waals surface area contributed by atoms with Gasteiger partial charge in [0.2, 0.25) is 11.8 Å². The molecule has 116 valence electrons. The van der Waals surface area contributed by atoms with Crippen molar-refractivity contribution in [3.8, 4) is 0 Å². The van der Waals surface area contributed by atoms with Crippen LogP contribution in [0.5, 0.6) is 0 Å². The summed E-state index contributed by atoms with van der Waals surface area (Å²) < 4.78 is 0. The van der Waals surface area contributed by atoms with Gasteiger partial charge in [0.1, 0.15) is 0 Å². The van der Waals surface area contributed by atoms with Gasteiger partial charge in [-0.1, -0.05) is 26.7 Å². The van der Waals surface area contributed by atoms with Crippen molar-refractivity contribution in [3.05, 3.63) is 0 Å². The molecule has 3 N–H and O–H groups in total. The summed E-state index contributed by atoms with van der Waals surface area (Å²) in [7, 11) is 0. The summed E-state index contributed by atoms with van der Waals surface area (Å²) in [6.07, 6.45) is 4.07. The van der Waals surface area contributed by atoms with E-state index in [1.165, 1.54) is 0 Å². The lowest BCUT2D eigenvalue weighted by molar-refractivity contribution is -0.134. The third kappa shape index (κ3) is 4.20. The quantitative estimate of drug-likeness (QED) is 0.797. The van der Waals surface area contributed by atoms with Crippen molar-refractivity contribution in [2.45, 2.75) is 71.5 Å². The Bertz CT molecular complexity index is 344. The van der Waals surface area contributed by atoms with Gasteiger partial charge in [0, 0.05) is 19.5 Å². The van der Waals surface area contributed by atoms with E-state index in [2.05, 4.69) is 5.32 Å². The average molecular weight is 283 g/mol. The molecule has 1 aliphatic rings. The predicted octanol–water partition coefficient (Wildman–Crippen LogP) is 1.27. The molecule has 1 aliphatic carbocycles. The fourth-order valence-electron chi connectivity index (χ4n) is 2.93. The second-order valence-corrected chi connectivity index (χ2v) is 6.04. The molecule has 0 aromatic carbocycles. The first kappa shape index (κ1) is 17.0. The van der Waals surface area contributed by atoms with Gasteiger partial charge in [-0.05, 0) is 25.7 Å². The van der Waals surface area contributed by atoms with Gasteiger partial charge >= 0.3 is 0 Å². The van der Waals surface area contributed by atoms with Gasteiger partial charge in [0.05, 0.1) is 12.1 Å². The molecule has 1 saturated carbocycles. The zero-order chi connectivity index (χ0) is 15.3. The Morgan fingerprint density at radius 1 is 1.30 bits per heavy atom. The van der Waals surface area contributed by atoms with Crippen LogP contribution in [0.25, 0.3) is 0 Å². The van der Waals surface area contributed by atoms with E-state index in [0.717, 1.165) is 25.7 Å². The number of hydrogen-bond acceptors (Lipinski definition) is 3. The number of carbonyl (C=O) groups is 2. The molecule has 20 heavy (non-hydrogen) atoms. The van der Waals surface area contributed by atoms with Gasteiger partial charge in [0.25, 0.3) is 0 Å². The normalized spacial score (nSPS) is 24.3. The van der Waals surface area contributed by atoms with Crippen LogP contribution >= 0.6 is 0 Å². The van der Waals surface area contributed by atoms with Crippen LogP contribution in [0.2, 0.25) is 0 Å². The van der Waals surface area contributed by atoms with E-state index in [-0.39, 0.29) is 29.8 Å². The summed E-state index contributed by atoms with van der Waals surface area (Å²) in [6, 6.07) is -0.343. The zero-order valence-corrected chi connectivity index (χ0v) is 13.2. The largest absolute Gasteiger partial charge is 0.350 e. The Kier molecular flexibility index (Phi) is 6.46. The maximum atomic E-state index is 12.1. The van der Waals surface area contributed by atoms with Crippen LogP contribution < -0.4 is 11.1 Å². The van der Waals surface area contributed by atoms with Crippen LogP contribution in [0.3, 0.4) is 0 Å². The number of nitrogens with one attached hydrogen (secondary N) is 1. The lowest BCUT2D eigenvalue weighted by Gasteiger charge is -2.40. The lowest BCUT2D eigenvalue weighted by atomic mass is 9.88. The second kappa shape index (κ2) is 7.62. The van der Waals surface area contributed by atoms with Gasteiger partial charge in [-0.2, -0.15) is 0 Å². The maximum Gasteiger partial charge on any atom is 0.237 e. The Morgan fingerprint density at radius 2 is 1.90 bits per heavy atom. The standard InChI is InChI=1S/C15H29N3O2/c1-5-18(11(4)19)13-9-7-6-8-12(13)17-15(20)14(16)10(2)3/h10,12-14H,5-9,16H2,1-4H3,(H,17,20)/t12?,13?,14-/m0/s1. The molecule has 0 bridgehead atoms. The van der Waals surface area contributed by atoms with Crippen LogP contribution in [0.4, 0.5) is 0 Å². The Hall–Kier alpha value is -1.10. The van der Waals surface area contributed by atoms with E-state index < -0.39 is 6.04 Å². The van der Waals surface area contributed by atoms with E-state index in [1.54, 1.807) is 6.92 Å². The topological polar surface area (TPSA) is 75.4 Å². The van der Waals surface area contributed by atoms with Crippen LogP contribution in [0.1, 0.15) is 53.4 Å². The fourth-order valence-corrected chi connectivity index (χ4v) is 2.93. The molecule has 2 amide bonds. The molecular weight excluding hydrogens is 254 g/mol. The number of nitrogens with zero attached hydrogens (tertiary/aromatic N) is 1. The number of carbonyl (C=O) groups excluding carboxylic acids is 2. The highest BCUT2D eigenvalue weighted by Gasteiger charge is 2.33. The summed E-state index contributed by atoms with van der Waals surface area (Å²) in [4.78, 5) is 25.7. The number of amides is 2. The maximum absolute atomic E-state index is 12.1. The number of likely N-dealkylation sites (N-methyl/N-ethyl adjacent to an activating group) is 1. The van der Waals surface area contributed by atoms with Crippen LogP contribution in [0.15, 0.2) is 0 Å². The van der Waals surface area contributed by atoms with Crippen molar-refractivity contribution in [3.63, 3.8) is 0 Å². The van der Waals surface area contributed by atoms with Crippen molar-refractivity contribution < 1.29 is 9.59 Å². The first-order valence-electron chi connectivity index (χ1n) is 7.71. The summed E-state index contributed by atoms with van der Waals surface area (Å²) in [6.45, 7) is 8.14. The molecule has 0 heterocycles. The highest BCUT2D eigenvalue weighted by Crippen LogP contribution is 2.23.